The zero-order chi connectivity index (χ0) is 4.50. The van der Waals surface area contributed by atoms with Gasteiger partial charge in [-0.05, 0) is 0 Å². The Hall–Kier alpha value is 0.389. The van der Waals surface area contributed by atoms with Crippen LogP contribution >= 0.6 is 0 Å². The molecule has 0 rings (SSSR count). The molecular formula is CuO4S. The van der Waals surface area contributed by atoms with E-state index in [0.29, 0.717) is 0 Å². The van der Waals surface area contributed by atoms with E-state index in [9.17, 15) is 0 Å². The minimum absolute atomic E-state index is 0. The molecular weight excluding hydrogens is 160 g/mol. The summed E-state index contributed by atoms with van der Waals surface area (Å²) in [6.45, 7) is 0. The van der Waals surface area contributed by atoms with Gasteiger partial charge in [0.1, 0.15) is 0 Å². The quantitative estimate of drug-likeness (QED) is 0.249. The molecule has 0 aromatic rings. The Bertz CT molecular complexity index is 90.7. The van der Waals surface area contributed by atoms with Crippen LogP contribution in [0.15, 0.2) is 0 Å². The Morgan fingerprint density at radius 2 is 1.17 bits per heavy atom. The Balaban J connectivity index is 0. The van der Waals surface area contributed by atoms with Crippen LogP contribution in [-0.2, 0) is 27.5 Å². The second-order valence-electron chi connectivity index (χ2n) is 0.408. The molecule has 0 spiro atoms. The van der Waals surface area contributed by atoms with Crippen LogP contribution in [0.2, 0.25) is 0 Å². The van der Waals surface area contributed by atoms with Crippen molar-refractivity contribution in [1.82, 2.24) is 0 Å². The molecule has 0 aromatic carbocycles. The Morgan fingerprint density at radius 1 is 1.17 bits per heavy atom. The molecule has 0 aliphatic carbocycles. The van der Waals surface area contributed by atoms with Gasteiger partial charge < -0.3 is 9.11 Å². The normalized spacial score (nSPS) is 9.67. The van der Waals surface area contributed by atoms with Gasteiger partial charge in [-0.15, -0.1) is 0 Å². The molecule has 0 unspecified atom stereocenters. The van der Waals surface area contributed by atoms with E-state index in [4.69, 9.17) is 17.5 Å². The van der Waals surface area contributed by atoms with Crippen LogP contribution in [0.3, 0.4) is 0 Å². The van der Waals surface area contributed by atoms with Crippen LogP contribution in [0, 0.1) is 0 Å². The van der Waals surface area contributed by atoms with Crippen LogP contribution in [0.4, 0.5) is 0 Å². The van der Waals surface area contributed by atoms with Crippen LogP contribution in [0.5, 0.6) is 0 Å². The molecule has 0 aliphatic rings. The molecule has 0 amide bonds. The van der Waals surface area contributed by atoms with Crippen LogP contribution in [0.1, 0.15) is 0 Å². The molecule has 0 bridgehead atoms. The maximum absolute atomic E-state index is 8.52. The van der Waals surface area contributed by atoms with E-state index < -0.39 is 10.4 Å². The predicted molar refractivity (Wildman–Crippen MR) is 10.5 cm³/mol. The SMILES string of the molecule is O=S(=O)([O-])[O-].[64Cu+2]. The third kappa shape index (κ3) is 332. The summed E-state index contributed by atoms with van der Waals surface area (Å²) >= 11 is 0. The Kier molecular flexibility index (Phi) is 4.08. The predicted octanol–water partition coefficient (Wildman–Crippen LogP) is -1.34. The smallest absolute Gasteiger partial charge is 0.759 e. The summed E-state index contributed by atoms with van der Waals surface area (Å²) in [5.41, 5.74) is 0. The van der Waals surface area contributed by atoms with Crippen molar-refractivity contribution in [3.05, 3.63) is 0 Å². The number of hydrogen-bond donors (Lipinski definition) is 0. The van der Waals surface area contributed by atoms with Crippen molar-refractivity contribution in [3.8, 4) is 0 Å². The van der Waals surface area contributed by atoms with Gasteiger partial charge in [-0.25, -0.2) is 0 Å². The maximum Gasteiger partial charge on any atom is 2.00 e. The molecule has 41 valence electrons. The molecule has 0 N–H and O–H groups in total. The second-order valence-corrected chi connectivity index (χ2v) is 1.22. The molecule has 0 heterocycles. The van der Waals surface area contributed by atoms with Crippen molar-refractivity contribution in [3.63, 3.8) is 0 Å². The monoisotopic (exact) mass is 160 g/mol. The first-order chi connectivity index (χ1) is 2.00. The third-order valence-electron chi connectivity index (χ3n) is 0. The fourth-order valence-electron chi connectivity index (χ4n) is 0. The van der Waals surface area contributed by atoms with Crippen molar-refractivity contribution in [1.29, 1.82) is 0 Å². The second kappa shape index (κ2) is 2.54. The minimum Gasteiger partial charge on any atom is -0.759 e. The minimum atomic E-state index is -5.17. The van der Waals surface area contributed by atoms with Crippen molar-refractivity contribution >= 4 is 10.4 Å². The zero-order valence-electron chi connectivity index (χ0n) is 2.34. The van der Waals surface area contributed by atoms with E-state index in [-0.39, 0.29) is 17.1 Å². The molecule has 0 saturated heterocycles. The molecule has 0 fully saturated rings. The van der Waals surface area contributed by atoms with Gasteiger partial charge in [0.15, 0.2) is 0 Å². The van der Waals surface area contributed by atoms with Gasteiger partial charge >= 0.3 is 17.1 Å². The first-order valence-corrected chi connectivity index (χ1v) is 2.00. The summed E-state index contributed by atoms with van der Waals surface area (Å²) in [4.78, 5) is 0. The molecule has 0 saturated carbocycles. The summed E-state index contributed by atoms with van der Waals surface area (Å²) in [6.07, 6.45) is 0. The van der Waals surface area contributed by atoms with Crippen LogP contribution < -0.4 is 0 Å². The molecule has 0 aromatic heterocycles. The first kappa shape index (κ1) is 9.63. The summed E-state index contributed by atoms with van der Waals surface area (Å²) < 4.78 is 34.1. The maximum atomic E-state index is 8.52. The fourth-order valence-corrected chi connectivity index (χ4v) is 0. The zero-order valence-corrected chi connectivity index (χ0v) is 4.10. The number of hydrogen-bond acceptors (Lipinski definition) is 4. The van der Waals surface area contributed by atoms with Gasteiger partial charge in [0.05, 0.1) is 0 Å². The van der Waals surface area contributed by atoms with Gasteiger partial charge in [0.2, 0.25) is 0 Å². The van der Waals surface area contributed by atoms with E-state index >= 15 is 0 Å². The molecule has 0 aliphatic heterocycles. The van der Waals surface area contributed by atoms with Gasteiger partial charge in [0, 0.05) is 10.4 Å². The summed E-state index contributed by atoms with van der Waals surface area (Å²) in [5.74, 6) is 0. The fraction of sp³-hybridized carbons (Fsp3) is 0. The topological polar surface area (TPSA) is 80.3 Å². The van der Waals surface area contributed by atoms with Gasteiger partial charge in [-0.1, -0.05) is 0 Å². The van der Waals surface area contributed by atoms with Crippen molar-refractivity contribution in [2.45, 2.75) is 0 Å². The average Bonchev–Trinajstić information content (AvgIpc) is 0.722. The summed E-state index contributed by atoms with van der Waals surface area (Å²) in [5, 5.41) is 0. The number of rotatable bonds is 0. The van der Waals surface area contributed by atoms with Crippen LogP contribution in [-0.4, -0.2) is 17.5 Å². The largest absolute Gasteiger partial charge is 2.00 e. The average molecular weight is 160 g/mol. The van der Waals surface area contributed by atoms with Crippen molar-refractivity contribution in [2.24, 2.45) is 0 Å². The third-order valence-corrected chi connectivity index (χ3v) is 0. The van der Waals surface area contributed by atoms with E-state index in [1.54, 1.807) is 0 Å². The summed E-state index contributed by atoms with van der Waals surface area (Å²) in [6, 6.07) is 0. The Labute approximate surface area is 45.6 Å². The molecule has 0 atom stereocenters. The van der Waals surface area contributed by atoms with Crippen molar-refractivity contribution < 1.29 is 34.6 Å². The standard InChI is InChI=1S/Cu.H2O4S/c;1-5(2,3)4/h;(H2,1,2,3,4)/q+2;/p-2/i1+0;. The molecule has 6 heteroatoms. The van der Waals surface area contributed by atoms with Crippen molar-refractivity contribution in [2.75, 3.05) is 0 Å². The molecule has 1 radical (unpaired) electrons. The van der Waals surface area contributed by atoms with E-state index in [1.165, 1.54) is 0 Å². The molecule has 6 heavy (non-hydrogen) atoms. The van der Waals surface area contributed by atoms with Crippen LogP contribution in [0.25, 0.3) is 0 Å². The first-order valence-electron chi connectivity index (χ1n) is 0.667. The molecule has 4 nitrogen and oxygen atoms in total. The van der Waals surface area contributed by atoms with Gasteiger partial charge in [-0.2, -0.15) is 0 Å². The summed E-state index contributed by atoms with van der Waals surface area (Å²) in [7, 11) is -5.17. The van der Waals surface area contributed by atoms with E-state index in [1.807, 2.05) is 0 Å². The van der Waals surface area contributed by atoms with E-state index in [0.717, 1.165) is 0 Å². The van der Waals surface area contributed by atoms with Gasteiger partial charge in [-0.3, -0.25) is 8.42 Å². The van der Waals surface area contributed by atoms with Gasteiger partial charge in [0.25, 0.3) is 0 Å². The van der Waals surface area contributed by atoms with E-state index in [2.05, 4.69) is 0 Å². The Morgan fingerprint density at radius 3 is 1.17 bits per heavy atom.